The maximum absolute atomic E-state index is 12.9. The van der Waals surface area contributed by atoms with Crippen molar-refractivity contribution in [2.24, 2.45) is 4.36 Å². The quantitative estimate of drug-likeness (QED) is 0.820. The molecular formula is C19H27N3OS. The fraction of sp³-hybridized carbons (Fsp3) is 0.632. The van der Waals surface area contributed by atoms with E-state index in [1.165, 1.54) is 45.2 Å². The van der Waals surface area contributed by atoms with Crippen molar-refractivity contribution >= 4 is 24.0 Å². The molecule has 1 aromatic rings. The van der Waals surface area contributed by atoms with Crippen LogP contribution in [0.1, 0.15) is 44.1 Å². The van der Waals surface area contributed by atoms with Crippen LogP contribution < -0.4 is 0 Å². The molecule has 1 aliphatic carbocycles. The lowest BCUT2D eigenvalue weighted by atomic mass is 9.88. The van der Waals surface area contributed by atoms with Crippen molar-refractivity contribution in [2.45, 2.75) is 57.0 Å². The molecule has 0 N–H and O–H groups in total. The average Bonchev–Trinajstić information content (AvgIpc) is 3.16. The molecule has 130 valence electrons. The molecule has 0 radical (unpaired) electrons. The summed E-state index contributed by atoms with van der Waals surface area (Å²) in [5.41, 5.74) is 1.67. The summed E-state index contributed by atoms with van der Waals surface area (Å²) in [6.07, 6.45) is 7.85. The van der Waals surface area contributed by atoms with Crippen molar-refractivity contribution in [1.82, 2.24) is 9.80 Å². The first-order valence-electron chi connectivity index (χ1n) is 9.11. The van der Waals surface area contributed by atoms with Gasteiger partial charge in [-0.3, -0.25) is 9.69 Å². The summed E-state index contributed by atoms with van der Waals surface area (Å²) in [4.78, 5) is 17.5. The molecule has 0 bridgehead atoms. The van der Waals surface area contributed by atoms with Crippen LogP contribution in [0, 0.1) is 0 Å². The summed E-state index contributed by atoms with van der Waals surface area (Å²) in [5, 5.41) is 0. The van der Waals surface area contributed by atoms with E-state index in [0.717, 1.165) is 17.7 Å². The third-order valence-electron chi connectivity index (χ3n) is 5.63. The van der Waals surface area contributed by atoms with Crippen molar-refractivity contribution in [2.75, 3.05) is 20.1 Å². The Morgan fingerprint density at radius 1 is 1.21 bits per heavy atom. The molecule has 5 heteroatoms. The van der Waals surface area contributed by atoms with Gasteiger partial charge in [-0.05, 0) is 50.4 Å². The number of amides is 1. The van der Waals surface area contributed by atoms with Crippen LogP contribution in [-0.2, 0) is 23.6 Å². The number of carbonyl (C=O) groups is 1. The smallest absolute Gasteiger partial charge is 0.227 e. The number of hydrogen-bond acceptors (Lipinski definition) is 4. The minimum atomic E-state index is 0.178. The van der Waals surface area contributed by atoms with Gasteiger partial charge in [0.05, 0.1) is 12.1 Å². The van der Waals surface area contributed by atoms with Crippen molar-refractivity contribution in [3.8, 4) is 0 Å². The van der Waals surface area contributed by atoms with Crippen LogP contribution in [0.15, 0.2) is 28.6 Å². The summed E-state index contributed by atoms with van der Waals surface area (Å²) in [5.74, 6) is 0.178. The van der Waals surface area contributed by atoms with Gasteiger partial charge < -0.3 is 4.90 Å². The number of likely N-dealkylation sites (tertiary alicyclic amines) is 1. The third-order valence-corrected chi connectivity index (χ3v) is 5.82. The molecular weight excluding hydrogens is 318 g/mol. The molecule has 24 heavy (non-hydrogen) atoms. The van der Waals surface area contributed by atoms with Gasteiger partial charge in [-0.15, -0.1) is 0 Å². The molecule has 2 atom stereocenters. The summed E-state index contributed by atoms with van der Waals surface area (Å²) in [6, 6.07) is 8.57. The molecule has 1 aliphatic heterocycles. The number of hydrogen-bond donors (Lipinski definition) is 0. The van der Waals surface area contributed by atoms with Crippen LogP contribution >= 0.6 is 0 Å². The topological polar surface area (TPSA) is 35.9 Å². The van der Waals surface area contributed by atoms with E-state index in [-0.39, 0.29) is 5.91 Å². The van der Waals surface area contributed by atoms with Gasteiger partial charge in [0.25, 0.3) is 0 Å². The average molecular weight is 346 g/mol. The zero-order valence-electron chi connectivity index (χ0n) is 14.5. The van der Waals surface area contributed by atoms with Crippen LogP contribution in [0.25, 0.3) is 0 Å². The first kappa shape index (κ1) is 17.5. The molecule has 4 nitrogen and oxygen atoms in total. The number of likely N-dealkylation sites (N-methyl/N-ethyl adjacent to an activating group) is 1. The van der Waals surface area contributed by atoms with E-state index in [0.29, 0.717) is 18.5 Å². The highest BCUT2D eigenvalue weighted by molar-refractivity contribution is 7.47. The van der Waals surface area contributed by atoms with Crippen molar-refractivity contribution in [3.63, 3.8) is 0 Å². The fourth-order valence-corrected chi connectivity index (χ4v) is 4.44. The van der Waals surface area contributed by atoms with E-state index in [1.54, 1.807) is 0 Å². The summed E-state index contributed by atoms with van der Waals surface area (Å²) in [6.45, 7) is 2.39. The Morgan fingerprint density at radius 2 is 1.92 bits per heavy atom. The highest BCUT2D eigenvalue weighted by Gasteiger charge is 2.35. The molecule has 1 amide bonds. The minimum absolute atomic E-state index is 0.178. The number of benzene rings is 1. The third kappa shape index (κ3) is 3.83. The molecule has 1 aromatic carbocycles. The zero-order chi connectivity index (χ0) is 16.9. The predicted molar refractivity (Wildman–Crippen MR) is 99.2 cm³/mol. The summed E-state index contributed by atoms with van der Waals surface area (Å²) >= 11 is 4.83. The lowest BCUT2D eigenvalue weighted by molar-refractivity contribution is -0.133. The van der Waals surface area contributed by atoms with Gasteiger partial charge in [-0.1, -0.05) is 31.0 Å². The van der Waals surface area contributed by atoms with E-state index in [4.69, 9.17) is 12.4 Å². The van der Waals surface area contributed by atoms with Gasteiger partial charge in [0.2, 0.25) is 5.91 Å². The van der Waals surface area contributed by atoms with E-state index in [2.05, 4.69) is 9.26 Å². The van der Waals surface area contributed by atoms with Gasteiger partial charge >= 0.3 is 0 Å². The van der Waals surface area contributed by atoms with Gasteiger partial charge in [0, 0.05) is 31.6 Å². The number of rotatable bonds is 5. The largest absolute Gasteiger partial charge is 0.341 e. The molecule has 2 fully saturated rings. The minimum Gasteiger partial charge on any atom is -0.341 e. The SMILES string of the molecule is CN(C(=O)Cc1ccccc1N=S)[C@H]1CCCC[C@@H]1N1CCCC1. The van der Waals surface area contributed by atoms with Crippen molar-refractivity contribution < 1.29 is 4.79 Å². The molecule has 1 saturated heterocycles. The normalized spacial score (nSPS) is 24.7. The van der Waals surface area contributed by atoms with Gasteiger partial charge in [0.15, 0.2) is 0 Å². The zero-order valence-corrected chi connectivity index (χ0v) is 15.3. The predicted octanol–water partition coefficient (Wildman–Crippen LogP) is 3.46. The molecule has 3 rings (SSSR count). The molecule has 0 spiro atoms. The lowest BCUT2D eigenvalue weighted by Gasteiger charge is -2.42. The van der Waals surface area contributed by atoms with Crippen molar-refractivity contribution in [1.29, 1.82) is 0 Å². The molecule has 1 heterocycles. The van der Waals surface area contributed by atoms with Gasteiger partial charge in [-0.2, -0.15) is 4.36 Å². The number of carbonyl (C=O) groups excluding carboxylic acids is 1. The van der Waals surface area contributed by atoms with E-state index >= 15 is 0 Å². The number of nitrogens with zero attached hydrogens (tertiary/aromatic N) is 3. The first-order chi connectivity index (χ1) is 11.7. The first-order valence-corrected chi connectivity index (χ1v) is 9.48. The van der Waals surface area contributed by atoms with Crippen molar-refractivity contribution in [3.05, 3.63) is 29.8 Å². The Labute approximate surface area is 150 Å². The molecule has 1 saturated carbocycles. The molecule has 2 aliphatic rings. The lowest BCUT2D eigenvalue weighted by Crippen LogP contribution is -2.53. The Kier molecular flexibility index (Phi) is 5.95. The second-order valence-corrected chi connectivity index (χ2v) is 7.25. The Bertz CT molecular complexity index is 586. The Morgan fingerprint density at radius 3 is 2.67 bits per heavy atom. The van der Waals surface area contributed by atoms with E-state index in [9.17, 15) is 4.79 Å². The van der Waals surface area contributed by atoms with Crippen LogP contribution in [0.4, 0.5) is 5.69 Å². The van der Waals surface area contributed by atoms with Gasteiger partial charge in [-0.25, -0.2) is 0 Å². The second kappa shape index (κ2) is 8.17. The van der Waals surface area contributed by atoms with Gasteiger partial charge in [0.1, 0.15) is 0 Å². The Hall–Kier alpha value is -1.33. The summed E-state index contributed by atoms with van der Waals surface area (Å²) in [7, 11) is 1.98. The second-order valence-electron chi connectivity index (χ2n) is 7.06. The van der Waals surface area contributed by atoms with Crippen LogP contribution in [0.3, 0.4) is 0 Å². The Balaban J connectivity index is 1.70. The standard InChI is InChI=1S/C19H27N3OS/c1-21(19(23)14-15-8-2-3-9-16(15)20-24)17-10-4-5-11-18(17)22-12-6-7-13-22/h2-3,8-9,17-18H,4-7,10-14H2,1H3/t17-,18-/m0/s1. The highest BCUT2D eigenvalue weighted by Crippen LogP contribution is 2.29. The molecule has 0 unspecified atom stereocenters. The van der Waals surface area contributed by atoms with Crippen LogP contribution in [0.5, 0.6) is 0 Å². The van der Waals surface area contributed by atoms with Crippen LogP contribution in [0.2, 0.25) is 0 Å². The van der Waals surface area contributed by atoms with E-state index < -0.39 is 0 Å². The molecule has 0 aromatic heterocycles. The fourth-order valence-electron chi connectivity index (χ4n) is 4.26. The van der Waals surface area contributed by atoms with Crippen LogP contribution in [-0.4, -0.2) is 47.9 Å². The highest BCUT2D eigenvalue weighted by atomic mass is 32.1. The maximum Gasteiger partial charge on any atom is 0.227 e. The summed E-state index contributed by atoms with van der Waals surface area (Å²) < 4.78 is 3.88. The van der Waals surface area contributed by atoms with E-state index in [1.807, 2.05) is 36.2 Å². The maximum atomic E-state index is 12.9. The monoisotopic (exact) mass is 345 g/mol.